The molecule has 1 aromatic carbocycles. The normalized spacial score (nSPS) is 9.67. The Bertz CT molecular complexity index is 362. The van der Waals surface area contributed by atoms with Crippen LogP contribution in [-0.2, 0) is 11.4 Å². The fourth-order valence-corrected chi connectivity index (χ4v) is 1.19. The van der Waals surface area contributed by atoms with Crippen LogP contribution in [-0.4, -0.2) is 16.0 Å². The lowest BCUT2D eigenvalue weighted by Gasteiger charge is -2.04. The van der Waals surface area contributed by atoms with Gasteiger partial charge in [0.1, 0.15) is 0 Å². The van der Waals surface area contributed by atoms with Crippen LogP contribution in [0, 0.1) is 0 Å². The zero-order valence-electron chi connectivity index (χ0n) is 8.06. The van der Waals surface area contributed by atoms with Gasteiger partial charge in [0.05, 0.1) is 18.0 Å². The Kier molecular flexibility index (Phi) is 4.20. The molecule has 1 amide bonds. The first-order valence-electron chi connectivity index (χ1n) is 4.40. The number of carbonyl (C=O) groups is 1. The van der Waals surface area contributed by atoms with E-state index in [2.05, 4.69) is 17.5 Å². The maximum absolute atomic E-state index is 11.2. The number of carbonyl (C=O) groups excluding carboxylic acids is 1. The zero-order chi connectivity index (χ0) is 11.3. The molecule has 0 fully saturated rings. The monoisotopic (exact) mass is 224 g/mol. The van der Waals surface area contributed by atoms with E-state index in [1.165, 1.54) is 0 Å². The molecule has 0 saturated heterocycles. The molecule has 1 rings (SSSR count). The molecule has 0 radical (unpaired) electrons. The number of thiocarbonyl (C=S) groups is 1. The number of anilines is 1. The Labute approximate surface area is 93.1 Å². The molecule has 0 aliphatic rings. The van der Waals surface area contributed by atoms with E-state index in [-0.39, 0.29) is 23.9 Å². The SMILES string of the molecule is NC(=S)CC(=O)Nc1ccc(CO)cc1. The number of nitrogens with two attached hydrogens (primary N) is 1. The van der Waals surface area contributed by atoms with E-state index in [1.807, 2.05) is 0 Å². The van der Waals surface area contributed by atoms with Gasteiger partial charge in [-0.1, -0.05) is 24.4 Å². The predicted octanol–water partition coefficient (Wildman–Crippen LogP) is 0.794. The van der Waals surface area contributed by atoms with Gasteiger partial charge < -0.3 is 16.2 Å². The average Bonchev–Trinajstić information content (AvgIpc) is 2.17. The van der Waals surface area contributed by atoms with Crippen LogP contribution in [0.2, 0.25) is 0 Å². The van der Waals surface area contributed by atoms with Gasteiger partial charge in [-0.05, 0) is 17.7 Å². The molecule has 0 bridgehead atoms. The van der Waals surface area contributed by atoms with Gasteiger partial charge in [0.25, 0.3) is 0 Å². The fourth-order valence-electron chi connectivity index (χ4n) is 1.06. The molecule has 0 aliphatic heterocycles. The fraction of sp³-hybridized carbons (Fsp3) is 0.200. The lowest BCUT2D eigenvalue weighted by atomic mass is 10.2. The maximum Gasteiger partial charge on any atom is 0.231 e. The number of hydrogen-bond acceptors (Lipinski definition) is 3. The molecule has 1 aromatic rings. The summed E-state index contributed by atoms with van der Waals surface area (Å²) in [5, 5.41) is 11.4. The van der Waals surface area contributed by atoms with Gasteiger partial charge in [0, 0.05) is 5.69 Å². The molecule has 0 aromatic heterocycles. The highest BCUT2D eigenvalue weighted by atomic mass is 32.1. The zero-order valence-corrected chi connectivity index (χ0v) is 8.88. The molecule has 4 nitrogen and oxygen atoms in total. The van der Waals surface area contributed by atoms with Crippen LogP contribution in [0.1, 0.15) is 12.0 Å². The summed E-state index contributed by atoms with van der Waals surface area (Å²) in [5.74, 6) is -0.237. The Balaban J connectivity index is 2.57. The predicted molar refractivity (Wildman–Crippen MR) is 62.4 cm³/mol. The van der Waals surface area contributed by atoms with Crippen molar-refractivity contribution in [3.63, 3.8) is 0 Å². The second-order valence-electron chi connectivity index (χ2n) is 3.05. The molecule has 0 aliphatic carbocycles. The van der Waals surface area contributed by atoms with Crippen LogP contribution in [0.4, 0.5) is 5.69 Å². The van der Waals surface area contributed by atoms with Crippen molar-refractivity contribution in [3.05, 3.63) is 29.8 Å². The van der Waals surface area contributed by atoms with Crippen molar-refractivity contribution in [2.45, 2.75) is 13.0 Å². The highest BCUT2D eigenvalue weighted by molar-refractivity contribution is 7.80. The van der Waals surface area contributed by atoms with Gasteiger partial charge in [-0.15, -0.1) is 0 Å². The Morgan fingerprint density at radius 1 is 1.40 bits per heavy atom. The summed E-state index contributed by atoms with van der Waals surface area (Å²) in [6.45, 7) is -0.0128. The molecule has 0 heterocycles. The van der Waals surface area contributed by atoms with Gasteiger partial charge in [-0.25, -0.2) is 0 Å². The smallest absolute Gasteiger partial charge is 0.231 e. The number of rotatable bonds is 4. The summed E-state index contributed by atoms with van der Waals surface area (Å²) in [6.07, 6.45) is 0.0388. The van der Waals surface area contributed by atoms with E-state index in [0.29, 0.717) is 5.69 Å². The van der Waals surface area contributed by atoms with E-state index in [4.69, 9.17) is 10.8 Å². The molecule has 0 saturated carbocycles. The first kappa shape index (κ1) is 11.6. The van der Waals surface area contributed by atoms with Gasteiger partial charge in [0.2, 0.25) is 5.91 Å². The van der Waals surface area contributed by atoms with Crippen molar-refractivity contribution in [1.29, 1.82) is 0 Å². The summed E-state index contributed by atoms with van der Waals surface area (Å²) in [6, 6.07) is 6.89. The third-order valence-electron chi connectivity index (χ3n) is 1.76. The molecule has 0 unspecified atom stereocenters. The molecule has 15 heavy (non-hydrogen) atoms. The Morgan fingerprint density at radius 2 is 2.00 bits per heavy atom. The van der Waals surface area contributed by atoms with Gasteiger partial charge in [0.15, 0.2) is 0 Å². The highest BCUT2D eigenvalue weighted by Crippen LogP contribution is 2.09. The van der Waals surface area contributed by atoms with Crippen molar-refractivity contribution in [3.8, 4) is 0 Å². The van der Waals surface area contributed by atoms with Gasteiger partial charge in [-0.3, -0.25) is 4.79 Å². The molecule has 0 spiro atoms. The Morgan fingerprint density at radius 3 is 2.47 bits per heavy atom. The number of aliphatic hydroxyl groups excluding tert-OH is 1. The highest BCUT2D eigenvalue weighted by Gasteiger charge is 2.03. The third kappa shape index (κ3) is 4.05. The van der Waals surface area contributed by atoms with E-state index < -0.39 is 0 Å². The largest absolute Gasteiger partial charge is 0.393 e. The van der Waals surface area contributed by atoms with Crippen molar-refractivity contribution >= 4 is 28.8 Å². The van der Waals surface area contributed by atoms with Crippen molar-refractivity contribution in [2.75, 3.05) is 5.32 Å². The lowest BCUT2D eigenvalue weighted by molar-refractivity contribution is -0.115. The summed E-state index contributed by atoms with van der Waals surface area (Å²) >= 11 is 4.61. The molecule has 0 atom stereocenters. The van der Waals surface area contributed by atoms with Crippen LogP contribution in [0.3, 0.4) is 0 Å². The minimum absolute atomic E-state index is 0.0128. The first-order valence-corrected chi connectivity index (χ1v) is 4.80. The minimum Gasteiger partial charge on any atom is -0.393 e. The number of nitrogens with one attached hydrogen (secondary N) is 1. The molecule has 4 N–H and O–H groups in total. The summed E-state index contributed by atoms with van der Waals surface area (Å²) < 4.78 is 0. The van der Waals surface area contributed by atoms with E-state index in [1.54, 1.807) is 24.3 Å². The average molecular weight is 224 g/mol. The Hall–Kier alpha value is -1.46. The molecular formula is C10H12N2O2S. The van der Waals surface area contributed by atoms with Crippen LogP contribution < -0.4 is 11.1 Å². The minimum atomic E-state index is -0.237. The summed E-state index contributed by atoms with van der Waals surface area (Å²) in [4.78, 5) is 11.4. The van der Waals surface area contributed by atoms with E-state index in [0.717, 1.165) is 5.56 Å². The van der Waals surface area contributed by atoms with Crippen LogP contribution in [0.15, 0.2) is 24.3 Å². The number of aliphatic hydroxyl groups is 1. The number of amides is 1. The number of hydrogen-bond donors (Lipinski definition) is 3. The van der Waals surface area contributed by atoms with Crippen LogP contribution >= 0.6 is 12.2 Å². The maximum atomic E-state index is 11.2. The standard InChI is InChI=1S/C10H12N2O2S/c11-9(15)5-10(14)12-8-3-1-7(6-13)2-4-8/h1-4,13H,5-6H2,(H2,11,15)(H,12,14). The molecule has 5 heteroatoms. The van der Waals surface area contributed by atoms with Gasteiger partial charge in [-0.2, -0.15) is 0 Å². The third-order valence-corrected chi connectivity index (χ3v) is 1.90. The second-order valence-corrected chi connectivity index (χ2v) is 3.57. The summed E-state index contributed by atoms with van der Waals surface area (Å²) in [5.41, 5.74) is 6.68. The van der Waals surface area contributed by atoms with Crippen molar-refractivity contribution < 1.29 is 9.90 Å². The van der Waals surface area contributed by atoms with Crippen LogP contribution in [0.25, 0.3) is 0 Å². The van der Waals surface area contributed by atoms with Crippen LogP contribution in [0.5, 0.6) is 0 Å². The lowest BCUT2D eigenvalue weighted by Crippen LogP contribution is -2.20. The van der Waals surface area contributed by atoms with E-state index >= 15 is 0 Å². The first-order chi connectivity index (χ1) is 7.11. The van der Waals surface area contributed by atoms with E-state index in [9.17, 15) is 4.79 Å². The van der Waals surface area contributed by atoms with Gasteiger partial charge >= 0.3 is 0 Å². The molecular weight excluding hydrogens is 212 g/mol. The molecule has 80 valence electrons. The topological polar surface area (TPSA) is 75.4 Å². The van der Waals surface area contributed by atoms with Crippen molar-refractivity contribution in [1.82, 2.24) is 0 Å². The second kappa shape index (κ2) is 5.43. The quantitative estimate of drug-likeness (QED) is 0.661. The number of benzene rings is 1. The van der Waals surface area contributed by atoms with Crippen molar-refractivity contribution in [2.24, 2.45) is 5.73 Å². The summed E-state index contributed by atoms with van der Waals surface area (Å²) in [7, 11) is 0.